The van der Waals surface area contributed by atoms with Crippen LogP contribution in [0.4, 0.5) is 0 Å². The lowest BCUT2D eigenvalue weighted by Gasteiger charge is -2.13. The number of nitrogens with zero attached hydrogens (tertiary/aromatic N) is 2. The van der Waals surface area contributed by atoms with Gasteiger partial charge in [0.15, 0.2) is 0 Å². The molecule has 3 nitrogen and oxygen atoms in total. The summed E-state index contributed by atoms with van der Waals surface area (Å²) in [5, 5.41) is 0.508. The molecule has 0 fully saturated rings. The molecule has 2 aromatic rings. The zero-order valence-electron chi connectivity index (χ0n) is 11.4. The summed E-state index contributed by atoms with van der Waals surface area (Å²) in [4.78, 5) is 8.86. The van der Waals surface area contributed by atoms with E-state index < -0.39 is 0 Å². The highest BCUT2D eigenvalue weighted by Gasteiger charge is 2.14. The third-order valence-electron chi connectivity index (χ3n) is 2.89. The maximum Gasteiger partial charge on any atom is 0.136 e. The number of ether oxygens (including phenoxy) is 1. The average molecular weight is 277 g/mol. The first-order valence-corrected chi connectivity index (χ1v) is 6.80. The fraction of sp³-hybridized carbons (Fsp3) is 0.333. The van der Waals surface area contributed by atoms with Crippen LogP contribution in [-0.4, -0.2) is 16.6 Å². The predicted molar refractivity (Wildman–Crippen MR) is 77.8 cm³/mol. The number of hydrogen-bond acceptors (Lipinski definition) is 3. The summed E-state index contributed by atoms with van der Waals surface area (Å²) in [6.07, 6.45) is 0.754. The van der Waals surface area contributed by atoms with Gasteiger partial charge in [0.1, 0.15) is 16.7 Å². The van der Waals surface area contributed by atoms with Gasteiger partial charge < -0.3 is 4.74 Å². The first-order chi connectivity index (χ1) is 9.17. The SMILES string of the molecule is CCOc1ccccc1-c1nc(CC)nc(Cl)c1C. The summed E-state index contributed by atoms with van der Waals surface area (Å²) in [5.41, 5.74) is 2.69. The molecule has 0 saturated carbocycles. The van der Waals surface area contributed by atoms with E-state index in [1.165, 1.54) is 0 Å². The standard InChI is InChI=1S/C15H17ClN2O/c1-4-13-17-14(10(3)15(16)18-13)11-8-6-7-9-12(11)19-5-2/h6-9H,4-5H2,1-3H3. The molecule has 4 heteroatoms. The summed E-state index contributed by atoms with van der Waals surface area (Å²) >= 11 is 6.19. The topological polar surface area (TPSA) is 35.0 Å². The number of rotatable bonds is 4. The highest BCUT2D eigenvalue weighted by Crippen LogP contribution is 2.32. The normalized spacial score (nSPS) is 10.5. The summed E-state index contributed by atoms with van der Waals surface area (Å²) < 4.78 is 5.66. The molecule has 0 amide bonds. The van der Waals surface area contributed by atoms with Crippen LogP contribution in [0.5, 0.6) is 5.75 Å². The predicted octanol–water partition coefficient (Wildman–Crippen LogP) is 4.07. The molecular weight excluding hydrogens is 260 g/mol. The van der Waals surface area contributed by atoms with Gasteiger partial charge in [0.2, 0.25) is 0 Å². The van der Waals surface area contributed by atoms with Crippen LogP contribution < -0.4 is 4.74 Å². The van der Waals surface area contributed by atoms with Crippen LogP contribution in [0.1, 0.15) is 25.2 Å². The van der Waals surface area contributed by atoms with Gasteiger partial charge in [-0.05, 0) is 26.0 Å². The van der Waals surface area contributed by atoms with Crippen LogP contribution in [0.3, 0.4) is 0 Å². The van der Waals surface area contributed by atoms with Crippen molar-refractivity contribution in [3.05, 3.63) is 40.8 Å². The van der Waals surface area contributed by atoms with Crippen LogP contribution >= 0.6 is 11.6 Å². The van der Waals surface area contributed by atoms with Gasteiger partial charge in [0, 0.05) is 17.5 Å². The van der Waals surface area contributed by atoms with E-state index in [1.54, 1.807) is 0 Å². The van der Waals surface area contributed by atoms with Gasteiger partial charge in [-0.2, -0.15) is 0 Å². The molecule has 1 aromatic heterocycles. The molecule has 0 unspecified atom stereocenters. The second-order valence-corrected chi connectivity index (χ2v) is 4.54. The van der Waals surface area contributed by atoms with E-state index in [2.05, 4.69) is 9.97 Å². The molecule has 0 aliphatic carbocycles. The first kappa shape index (κ1) is 13.8. The van der Waals surface area contributed by atoms with Gasteiger partial charge in [0.05, 0.1) is 12.3 Å². The highest BCUT2D eigenvalue weighted by atomic mass is 35.5. The summed E-state index contributed by atoms with van der Waals surface area (Å²) in [7, 11) is 0. The van der Waals surface area contributed by atoms with Gasteiger partial charge in [-0.3, -0.25) is 0 Å². The summed E-state index contributed by atoms with van der Waals surface area (Å²) in [6, 6.07) is 7.86. The van der Waals surface area contributed by atoms with Crippen molar-refractivity contribution in [3.63, 3.8) is 0 Å². The fourth-order valence-corrected chi connectivity index (χ4v) is 2.08. The molecule has 0 radical (unpaired) electrons. The van der Waals surface area contributed by atoms with Crippen molar-refractivity contribution in [1.29, 1.82) is 0 Å². The van der Waals surface area contributed by atoms with E-state index in [0.29, 0.717) is 11.8 Å². The molecule has 0 aliphatic rings. The minimum absolute atomic E-state index is 0.508. The van der Waals surface area contributed by atoms with Crippen LogP contribution in [-0.2, 0) is 6.42 Å². The van der Waals surface area contributed by atoms with Crippen LogP contribution in [0.2, 0.25) is 5.15 Å². The van der Waals surface area contributed by atoms with Crippen LogP contribution in [0.25, 0.3) is 11.3 Å². The van der Waals surface area contributed by atoms with E-state index in [9.17, 15) is 0 Å². The van der Waals surface area contributed by atoms with Crippen LogP contribution in [0.15, 0.2) is 24.3 Å². The maximum atomic E-state index is 6.19. The molecule has 2 rings (SSSR count). The number of aryl methyl sites for hydroxylation is 1. The van der Waals surface area contributed by atoms with Crippen molar-refractivity contribution in [2.24, 2.45) is 0 Å². The van der Waals surface area contributed by atoms with Gasteiger partial charge in [0.25, 0.3) is 0 Å². The minimum atomic E-state index is 0.508. The number of para-hydroxylation sites is 1. The van der Waals surface area contributed by atoms with Gasteiger partial charge in [-0.25, -0.2) is 9.97 Å². The fourth-order valence-electron chi connectivity index (χ4n) is 1.90. The number of benzene rings is 1. The molecule has 0 spiro atoms. The van der Waals surface area contributed by atoms with Gasteiger partial charge in [-0.1, -0.05) is 30.7 Å². The van der Waals surface area contributed by atoms with E-state index in [-0.39, 0.29) is 0 Å². The first-order valence-electron chi connectivity index (χ1n) is 6.42. The van der Waals surface area contributed by atoms with Crippen molar-refractivity contribution in [2.45, 2.75) is 27.2 Å². The Morgan fingerprint density at radius 2 is 1.89 bits per heavy atom. The highest BCUT2D eigenvalue weighted by molar-refractivity contribution is 6.30. The smallest absolute Gasteiger partial charge is 0.136 e. The Morgan fingerprint density at radius 1 is 1.16 bits per heavy atom. The van der Waals surface area contributed by atoms with Crippen molar-refractivity contribution in [2.75, 3.05) is 6.61 Å². The van der Waals surface area contributed by atoms with Gasteiger partial charge in [-0.15, -0.1) is 0 Å². The third kappa shape index (κ3) is 2.87. The molecule has 0 bridgehead atoms. The Morgan fingerprint density at radius 3 is 2.58 bits per heavy atom. The Bertz CT molecular complexity index is 584. The van der Waals surface area contributed by atoms with E-state index in [1.807, 2.05) is 45.0 Å². The lowest BCUT2D eigenvalue weighted by atomic mass is 10.1. The molecule has 1 aromatic carbocycles. The Labute approximate surface area is 118 Å². The zero-order chi connectivity index (χ0) is 13.8. The zero-order valence-corrected chi connectivity index (χ0v) is 12.2. The third-order valence-corrected chi connectivity index (χ3v) is 3.26. The van der Waals surface area contributed by atoms with Crippen molar-refractivity contribution in [3.8, 4) is 17.0 Å². The second-order valence-electron chi connectivity index (χ2n) is 4.19. The lowest BCUT2D eigenvalue weighted by Crippen LogP contribution is -2.01. The molecule has 100 valence electrons. The molecule has 0 N–H and O–H groups in total. The Hall–Kier alpha value is -1.61. The van der Waals surface area contributed by atoms with Crippen molar-refractivity contribution < 1.29 is 4.74 Å². The Balaban J connectivity index is 2.61. The maximum absolute atomic E-state index is 6.19. The van der Waals surface area contributed by atoms with E-state index in [0.717, 1.165) is 34.8 Å². The lowest BCUT2D eigenvalue weighted by molar-refractivity contribution is 0.341. The molecule has 0 aliphatic heterocycles. The molecular formula is C15H17ClN2O. The van der Waals surface area contributed by atoms with E-state index in [4.69, 9.17) is 16.3 Å². The van der Waals surface area contributed by atoms with Crippen molar-refractivity contribution in [1.82, 2.24) is 9.97 Å². The monoisotopic (exact) mass is 276 g/mol. The molecule has 0 saturated heterocycles. The largest absolute Gasteiger partial charge is 0.493 e. The average Bonchev–Trinajstić information content (AvgIpc) is 2.43. The van der Waals surface area contributed by atoms with Crippen molar-refractivity contribution >= 4 is 11.6 Å². The number of aromatic nitrogens is 2. The summed E-state index contributed by atoms with van der Waals surface area (Å²) in [6.45, 7) is 6.53. The van der Waals surface area contributed by atoms with E-state index >= 15 is 0 Å². The molecule has 1 heterocycles. The minimum Gasteiger partial charge on any atom is -0.493 e. The number of halogens is 1. The van der Waals surface area contributed by atoms with Gasteiger partial charge >= 0.3 is 0 Å². The van der Waals surface area contributed by atoms with Crippen LogP contribution in [0, 0.1) is 6.92 Å². The molecule has 0 atom stereocenters. The Kier molecular flexibility index (Phi) is 4.38. The quantitative estimate of drug-likeness (QED) is 0.790. The second kappa shape index (κ2) is 6.02. The molecule has 19 heavy (non-hydrogen) atoms. The number of hydrogen-bond donors (Lipinski definition) is 0. The summed E-state index contributed by atoms with van der Waals surface area (Å²) in [5.74, 6) is 1.57.